The molecule has 4 nitrogen and oxygen atoms in total. The zero-order valence-electron chi connectivity index (χ0n) is 17.1. The molecule has 1 saturated carbocycles. The zero-order chi connectivity index (χ0) is 20.1. The number of carbonyl (C=O) groups is 2. The van der Waals surface area contributed by atoms with E-state index in [1.807, 2.05) is 37.8 Å². The third-order valence-corrected chi connectivity index (χ3v) is 6.84. The maximum absolute atomic E-state index is 14.2. The van der Waals surface area contributed by atoms with Crippen molar-refractivity contribution >= 4 is 11.9 Å². The second-order valence-electron chi connectivity index (χ2n) is 10.0. The molecule has 0 N–H and O–H groups in total. The van der Waals surface area contributed by atoms with Crippen molar-refractivity contribution in [2.75, 3.05) is 19.7 Å². The summed E-state index contributed by atoms with van der Waals surface area (Å²) in [5.74, 6) is 0.388. The van der Waals surface area contributed by atoms with Gasteiger partial charge in [-0.2, -0.15) is 0 Å². The highest BCUT2D eigenvalue weighted by atomic mass is 19.1. The number of amides is 1. The second kappa shape index (κ2) is 6.85. The Morgan fingerprint density at radius 2 is 1.89 bits per heavy atom. The maximum Gasteiger partial charge on any atom is 0.306 e. The molecule has 0 bridgehead atoms. The van der Waals surface area contributed by atoms with Crippen LogP contribution in [-0.2, 0) is 19.7 Å². The van der Waals surface area contributed by atoms with E-state index in [2.05, 4.69) is 0 Å². The number of cyclic esters (lactones) is 1. The number of hydrogen-bond donors (Lipinski definition) is 0. The highest BCUT2D eigenvalue weighted by Gasteiger charge is 2.53. The van der Waals surface area contributed by atoms with Gasteiger partial charge in [-0.05, 0) is 54.2 Å². The van der Waals surface area contributed by atoms with Crippen molar-refractivity contribution in [1.82, 2.24) is 4.90 Å². The van der Waals surface area contributed by atoms with Crippen LogP contribution in [-0.4, -0.2) is 36.5 Å². The minimum atomic E-state index is -0.220. The smallest absolute Gasteiger partial charge is 0.306 e. The molecule has 152 valence electrons. The standard InChI is InChI=1S/C23H30FNO3/c1-22(2,3)18-10-16(4-5-19(18)24)15-6-8-25(9-7-15)21(27)17-11-23(12-17)13-20(26)28-14-23/h4-5,10,15,17H,6-9,11-14H2,1-3H3. The van der Waals surface area contributed by atoms with Crippen LogP contribution in [0.15, 0.2) is 18.2 Å². The number of ether oxygens (including phenoxy) is 1. The predicted molar refractivity (Wildman–Crippen MR) is 104 cm³/mol. The normalized spacial score (nSPS) is 28.4. The number of hydrogen-bond acceptors (Lipinski definition) is 3. The Hall–Kier alpha value is -1.91. The Labute approximate surface area is 166 Å². The van der Waals surface area contributed by atoms with Gasteiger partial charge in [-0.25, -0.2) is 4.39 Å². The van der Waals surface area contributed by atoms with E-state index in [1.54, 1.807) is 6.07 Å². The molecule has 0 aromatic heterocycles. The molecule has 1 aromatic carbocycles. The van der Waals surface area contributed by atoms with Gasteiger partial charge in [0.25, 0.3) is 0 Å². The first-order valence-electron chi connectivity index (χ1n) is 10.4. The summed E-state index contributed by atoms with van der Waals surface area (Å²) in [6.45, 7) is 8.09. The first-order valence-corrected chi connectivity index (χ1v) is 10.4. The quantitative estimate of drug-likeness (QED) is 0.716. The lowest BCUT2D eigenvalue weighted by Gasteiger charge is -2.45. The molecular weight excluding hydrogens is 357 g/mol. The van der Waals surface area contributed by atoms with Crippen molar-refractivity contribution in [1.29, 1.82) is 0 Å². The van der Waals surface area contributed by atoms with Crippen LogP contribution in [0.3, 0.4) is 0 Å². The number of benzene rings is 1. The zero-order valence-corrected chi connectivity index (χ0v) is 17.1. The number of halogens is 1. The molecule has 1 aromatic rings. The van der Waals surface area contributed by atoms with E-state index >= 15 is 0 Å². The van der Waals surface area contributed by atoms with Crippen LogP contribution in [0.5, 0.6) is 0 Å². The summed E-state index contributed by atoms with van der Waals surface area (Å²) in [4.78, 5) is 26.2. The van der Waals surface area contributed by atoms with Crippen molar-refractivity contribution in [2.45, 2.75) is 64.2 Å². The summed E-state index contributed by atoms with van der Waals surface area (Å²) in [6, 6.07) is 5.51. The number of carbonyl (C=O) groups excluding carboxylic acids is 2. The topological polar surface area (TPSA) is 46.6 Å². The molecule has 2 heterocycles. The number of esters is 1. The fourth-order valence-electron chi connectivity index (χ4n) is 5.13. The van der Waals surface area contributed by atoms with Crippen LogP contribution in [0.2, 0.25) is 0 Å². The van der Waals surface area contributed by atoms with Crippen molar-refractivity contribution in [3.8, 4) is 0 Å². The summed E-state index contributed by atoms with van der Waals surface area (Å²) in [7, 11) is 0. The van der Waals surface area contributed by atoms with Gasteiger partial charge in [0.2, 0.25) is 5.91 Å². The molecule has 0 radical (unpaired) electrons. The van der Waals surface area contributed by atoms with E-state index in [1.165, 1.54) is 5.56 Å². The Morgan fingerprint density at radius 3 is 2.46 bits per heavy atom. The summed E-state index contributed by atoms with van der Waals surface area (Å²) in [5, 5.41) is 0. The van der Waals surface area contributed by atoms with Crippen LogP contribution < -0.4 is 0 Å². The molecule has 2 saturated heterocycles. The summed E-state index contributed by atoms with van der Waals surface area (Å²) in [5.41, 5.74) is 1.66. The van der Waals surface area contributed by atoms with Crippen LogP contribution in [0, 0.1) is 17.2 Å². The van der Waals surface area contributed by atoms with Crippen molar-refractivity contribution in [2.24, 2.45) is 11.3 Å². The molecule has 3 aliphatic rings. The minimum absolute atomic E-state index is 0.0457. The van der Waals surface area contributed by atoms with Crippen LogP contribution in [0.1, 0.15) is 69.9 Å². The third kappa shape index (κ3) is 3.56. The average Bonchev–Trinajstić information content (AvgIpc) is 3.02. The Balaban J connectivity index is 1.34. The monoisotopic (exact) mass is 387 g/mol. The number of nitrogens with zero attached hydrogens (tertiary/aromatic N) is 1. The largest absolute Gasteiger partial charge is 0.465 e. The molecule has 0 atom stereocenters. The SMILES string of the molecule is CC(C)(C)c1cc(C2CCN(C(=O)C3CC4(COC(=O)C4)C3)CC2)ccc1F. The molecule has 4 rings (SSSR count). The first-order chi connectivity index (χ1) is 13.2. The third-order valence-electron chi connectivity index (χ3n) is 6.84. The van der Waals surface area contributed by atoms with E-state index in [9.17, 15) is 14.0 Å². The molecule has 1 aliphatic carbocycles. The van der Waals surface area contributed by atoms with E-state index in [-0.39, 0.29) is 34.4 Å². The molecular formula is C23H30FNO3. The molecule has 3 fully saturated rings. The fourth-order valence-corrected chi connectivity index (χ4v) is 5.13. The Kier molecular flexibility index (Phi) is 4.75. The van der Waals surface area contributed by atoms with E-state index in [0.717, 1.165) is 44.3 Å². The molecule has 28 heavy (non-hydrogen) atoms. The van der Waals surface area contributed by atoms with Crippen LogP contribution in [0.4, 0.5) is 4.39 Å². The second-order valence-corrected chi connectivity index (χ2v) is 10.0. The summed E-state index contributed by atoms with van der Waals surface area (Å²) in [6.07, 6.45) is 3.87. The summed E-state index contributed by atoms with van der Waals surface area (Å²) >= 11 is 0. The maximum atomic E-state index is 14.2. The number of piperidine rings is 1. The van der Waals surface area contributed by atoms with Gasteiger partial charge in [0.1, 0.15) is 5.82 Å². The van der Waals surface area contributed by atoms with Gasteiger partial charge in [-0.15, -0.1) is 0 Å². The molecule has 1 spiro atoms. The Bertz CT molecular complexity index is 784. The van der Waals surface area contributed by atoms with E-state index in [0.29, 0.717) is 18.9 Å². The predicted octanol–water partition coefficient (Wildman–Crippen LogP) is 4.17. The van der Waals surface area contributed by atoms with Gasteiger partial charge in [-0.3, -0.25) is 9.59 Å². The van der Waals surface area contributed by atoms with E-state index < -0.39 is 0 Å². The van der Waals surface area contributed by atoms with Gasteiger partial charge >= 0.3 is 5.97 Å². The summed E-state index contributed by atoms with van der Waals surface area (Å²) < 4.78 is 19.3. The minimum Gasteiger partial charge on any atom is -0.465 e. The van der Waals surface area contributed by atoms with Crippen LogP contribution in [0.25, 0.3) is 0 Å². The highest BCUT2D eigenvalue weighted by Crippen LogP contribution is 2.52. The van der Waals surface area contributed by atoms with E-state index in [4.69, 9.17) is 4.74 Å². The molecule has 1 amide bonds. The van der Waals surface area contributed by atoms with Gasteiger partial charge in [0, 0.05) is 24.4 Å². The van der Waals surface area contributed by atoms with Crippen molar-refractivity contribution in [3.63, 3.8) is 0 Å². The van der Waals surface area contributed by atoms with Gasteiger partial charge in [0.15, 0.2) is 0 Å². The number of likely N-dealkylation sites (tertiary alicyclic amines) is 1. The molecule has 5 heteroatoms. The number of rotatable bonds is 2. The van der Waals surface area contributed by atoms with Gasteiger partial charge in [-0.1, -0.05) is 32.9 Å². The van der Waals surface area contributed by atoms with Crippen molar-refractivity contribution in [3.05, 3.63) is 35.1 Å². The van der Waals surface area contributed by atoms with Crippen LogP contribution >= 0.6 is 0 Å². The fraction of sp³-hybridized carbons (Fsp3) is 0.652. The first kappa shape index (κ1) is 19.4. The highest BCUT2D eigenvalue weighted by molar-refractivity contribution is 5.81. The lowest BCUT2D eigenvalue weighted by atomic mass is 9.61. The molecule has 0 unspecified atom stereocenters. The molecule has 2 aliphatic heterocycles. The van der Waals surface area contributed by atoms with Crippen molar-refractivity contribution < 1.29 is 18.7 Å². The lowest BCUT2D eigenvalue weighted by molar-refractivity contribution is -0.144. The Morgan fingerprint density at radius 1 is 1.21 bits per heavy atom. The van der Waals surface area contributed by atoms with Gasteiger partial charge in [0.05, 0.1) is 13.0 Å². The average molecular weight is 387 g/mol. The lowest BCUT2D eigenvalue weighted by Crippen LogP contribution is -2.49. The van der Waals surface area contributed by atoms with Gasteiger partial charge < -0.3 is 9.64 Å².